The number of primary amides is 1. The van der Waals surface area contributed by atoms with Crippen molar-refractivity contribution in [2.24, 2.45) is 29.2 Å². The Morgan fingerprint density at radius 1 is 0.745 bits per heavy atom. The van der Waals surface area contributed by atoms with Crippen molar-refractivity contribution in [3.8, 4) is 0 Å². The van der Waals surface area contributed by atoms with E-state index >= 15 is 0 Å². The van der Waals surface area contributed by atoms with Crippen LogP contribution in [0.1, 0.15) is 73.6 Å². The third-order valence-electron chi connectivity index (χ3n) is 8.06. The van der Waals surface area contributed by atoms with Gasteiger partial charge in [-0.3, -0.25) is 43.2 Å². The van der Waals surface area contributed by atoms with Crippen molar-refractivity contribution >= 4 is 53.2 Å². The minimum absolute atomic E-state index is 0.105. The highest BCUT2D eigenvalue weighted by molar-refractivity contribution is 5.97. The van der Waals surface area contributed by atoms with E-state index in [9.17, 15) is 43.2 Å². The van der Waals surface area contributed by atoms with Gasteiger partial charge < -0.3 is 53.4 Å². The Balaban J connectivity index is 3.12. The maximum Gasteiger partial charge on any atom is 0.322 e. The molecule has 11 N–H and O–H groups in total. The van der Waals surface area contributed by atoms with Crippen LogP contribution >= 0.6 is 0 Å². The lowest BCUT2D eigenvalue weighted by molar-refractivity contribution is -0.139. The fourth-order valence-electron chi connectivity index (χ4n) is 5.33. The second kappa shape index (κ2) is 21.4. The molecule has 8 amide bonds. The van der Waals surface area contributed by atoms with Crippen molar-refractivity contribution in [3.63, 3.8) is 0 Å². The molecule has 1 aliphatic heterocycles. The molecule has 5 atom stereocenters. The van der Waals surface area contributed by atoms with Crippen LogP contribution in [0.25, 0.3) is 0 Å². The monoisotopic (exact) mass is 725 g/mol. The van der Waals surface area contributed by atoms with Gasteiger partial charge in [0, 0.05) is 13.0 Å². The van der Waals surface area contributed by atoms with Crippen LogP contribution in [0, 0.1) is 17.8 Å². The average Bonchev–Trinajstić information content (AvgIpc) is 3.54. The third kappa shape index (κ3) is 15.3. The molecule has 0 spiro atoms. The van der Waals surface area contributed by atoms with Crippen LogP contribution in [0.2, 0.25) is 0 Å². The molecular formula is C32H55N9O10. The zero-order chi connectivity index (χ0) is 39.0. The number of carbonyl (C=O) groups is 9. The zero-order valence-corrected chi connectivity index (χ0v) is 30.2. The molecule has 51 heavy (non-hydrogen) atoms. The molecule has 0 aliphatic carbocycles. The minimum Gasteiger partial charge on any atom is -0.480 e. The summed E-state index contributed by atoms with van der Waals surface area (Å²) in [6.45, 7) is 9.11. The van der Waals surface area contributed by atoms with Gasteiger partial charge >= 0.3 is 5.97 Å². The smallest absolute Gasteiger partial charge is 0.322 e. The number of nitrogens with zero attached hydrogens (tertiary/aromatic N) is 1. The Morgan fingerprint density at radius 2 is 1.31 bits per heavy atom. The largest absolute Gasteiger partial charge is 0.480 e. The number of aliphatic carboxylic acids is 1. The quantitative estimate of drug-likeness (QED) is 0.0568. The zero-order valence-electron chi connectivity index (χ0n) is 30.2. The van der Waals surface area contributed by atoms with E-state index in [4.69, 9.17) is 16.6 Å². The van der Waals surface area contributed by atoms with Crippen LogP contribution in [0.5, 0.6) is 0 Å². The van der Waals surface area contributed by atoms with Gasteiger partial charge in [0.1, 0.15) is 36.8 Å². The Morgan fingerprint density at radius 3 is 1.82 bits per heavy atom. The molecule has 1 rings (SSSR count). The van der Waals surface area contributed by atoms with Gasteiger partial charge in [-0.2, -0.15) is 0 Å². The van der Waals surface area contributed by atoms with Crippen LogP contribution < -0.4 is 43.4 Å². The van der Waals surface area contributed by atoms with Crippen molar-refractivity contribution < 1.29 is 48.3 Å². The lowest BCUT2D eigenvalue weighted by Crippen LogP contribution is -2.60. The Hall–Kier alpha value is -4.81. The van der Waals surface area contributed by atoms with E-state index in [0.29, 0.717) is 19.4 Å². The van der Waals surface area contributed by atoms with Gasteiger partial charge in [0.25, 0.3) is 0 Å². The van der Waals surface area contributed by atoms with Crippen LogP contribution in [0.3, 0.4) is 0 Å². The summed E-state index contributed by atoms with van der Waals surface area (Å²) in [7, 11) is 0. The van der Waals surface area contributed by atoms with Gasteiger partial charge in [0.05, 0.1) is 13.1 Å². The molecule has 1 saturated heterocycles. The Labute approximate surface area is 297 Å². The van der Waals surface area contributed by atoms with Crippen molar-refractivity contribution in [2.75, 3.05) is 26.2 Å². The summed E-state index contributed by atoms with van der Waals surface area (Å²) in [5, 5.41) is 23.6. The van der Waals surface area contributed by atoms with Gasteiger partial charge in [-0.1, -0.05) is 41.5 Å². The summed E-state index contributed by atoms with van der Waals surface area (Å²) in [5.74, 6) is -7.77. The van der Waals surface area contributed by atoms with E-state index in [1.807, 2.05) is 13.8 Å². The van der Waals surface area contributed by atoms with Crippen LogP contribution in [-0.4, -0.2) is 120 Å². The molecule has 1 aliphatic rings. The number of carboxylic acid groups (broad SMARTS) is 1. The summed E-state index contributed by atoms with van der Waals surface area (Å²) in [4.78, 5) is 114. The molecule has 0 aromatic heterocycles. The number of hydrogen-bond acceptors (Lipinski definition) is 10. The van der Waals surface area contributed by atoms with Gasteiger partial charge in [-0.05, 0) is 43.4 Å². The summed E-state index contributed by atoms with van der Waals surface area (Å²) < 4.78 is 0. The van der Waals surface area contributed by atoms with E-state index < -0.39 is 108 Å². The van der Waals surface area contributed by atoms with Crippen molar-refractivity contribution in [1.82, 2.24) is 36.8 Å². The second-order valence-corrected chi connectivity index (χ2v) is 13.6. The van der Waals surface area contributed by atoms with E-state index in [1.165, 1.54) is 4.90 Å². The first kappa shape index (κ1) is 44.2. The SMILES string of the molecule is CC(C)C[C@H](NC(=O)[C@@H](NC(=O)[C@H](CCC(N)=O)NC(=O)[C@@H]1CCCN1C(=O)CN)C(C)C)C(=O)N[C@@H](C(=O)NCC(=O)NCC(=O)O)C(C)C. The summed E-state index contributed by atoms with van der Waals surface area (Å²) in [5.41, 5.74) is 10.8. The van der Waals surface area contributed by atoms with Crippen molar-refractivity contribution in [1.29, 1.82) is 0 Å². The summed E-state index contributed by atoms with van der Waals surface area (Å²) in [6, 6.07) is -5.64. The second-order valence-electron chi connectivity index (χ2n) is 13.6. The maximum absolute atomic E-state index is 13.6. The average molecular weight is 726 g/mol. The summed E-state index contributed by atoms with van der Waals surface area (Å²) >= 11 is 0. The molecule has 19 nitrogen and oxygen atoms in total. The number of rotatable bonds is 21. The maximum atomic E-state index is 13.6. The highest BCUT2D eigenvalue weighted by Gasteiger charge is 2.37. The predicted octanol–water partition coefficient (Wildman–Crippen LogP) is -3.18. The lowest BCUT2D eigenvalue weighted by atomic mass is 9.98. The number of nitrogens with one attached hydrogen (secondary N) is 6. The molecule has 288 valence electrons. The number of likely N-dealkylation sites (tertiary alicyclic amines) is 1. The molecule has 0 unspecified atom stereocenters. The standard InChI is InChI=1S/C32H55N9O10/c1-16(2)12-20(29(48)39-26(17(3)4)31(50)36-14-23(43)35-15-25(45)46)38-32(51)27(18(5)6)40-28(47)19(9-10-22(34)42)37-30(49)21-8-7-11-41(21)24(44)13-33/h16-21,26-27H,7-15,33H2,1-6H3,(H2,34,42)(H,35,43)(H,36,50)(H,37,49)(H,38,51)(H,39,48)(H,40,47)(H,45,46)/t19-,20-,21-,26+,27-/m0/s1. The molecule has 0 aromatic rings. The van der Waals surface area contributed by atoms with E-state index in [2.05, 4.69) is 31.9 Å². The third-order valence-corrected chi connectivity index (χ3v) is 8.06. The van der Waals surface area contributed by atoms with Gasteiger partial charge in [-0.15, -0.1) is 0 Å². The number of carbonyl (C=O) groups excluding carboxylic acids is 8. The van der Waals surface area contributed by atoms with Gasteiger partial charge in [-0.25, -0.2) is 0 Å². The number of amides is 8. The molecular weight excluding hydrogens is 670 g/mol. The number of nitrogens with two attached hydrogens (primary N) is 2. The van der Waals surface area contributed by atoms with Gasteiger partial charge in [0.15, 0.2) is 0 Å². The number of carboxylic acids is 1. The molecule has 0 saturated carbocycles. The number of hydrogen-bond donors (Lipinski definition) is 9. The highest BCUT2D eigenvalue weighted by atomic mass is 16.4. The highest BCUT2D eigenvalue weighted by Crippen LogP contribution is 2.18. The Bertz CT molecular complexity index is 1290. The van der Waals surface area contributed by atoms with Crippen LogP contribution in [0.15, 0.2) is 0 Å². The first-order chi connectivity index (χ1) is 23.8. The van der Waals surface area contributed by atoms with Crippen LogP contribution in [-0.2, 0) is 43.2 Å². The van der Waals surface area contributed by atoms with E-state index in [0.717, 1.165) is 0 Å². The summed E-state index contributed by atoms with van der Waals surface area (Å²) in [6.07, 6.45) is 0.601. The van der Waals surface area contributed by atoms with Gasteiger partial charge in [0.2, 0.25) is 47.3 Å². The van der Waals surface area contributed by atoms with Crippen molar-refractivity contribution in [2.45, 2.75) is 104 Å². The molecule has 0 radical (unpaired) electrons. The fourth-order valence-corrected chi connectivity index (χ4v) is 5.33. The topological polar surface area (TPSA) is 301 Å². The van der Waals surface area contributed by atoms with Crippen LogP contribution in [0.4, 0.5) is 0 Å². The van der Waals surface area contributed by atoms with E-state index in [1.54, 1.807) is 27.7 Å². The Kier molecular flexibility index (Phi) is 18.6. The molecule has 19 heteroatoms. The minimum atomic E-state index is -1.29. The first-order valence-electron chi connectivity index (χ1n) is 17.0. The fraction of sp³-hybridized carbons (Fsp3) is 0.719. The molecule has 0 bridgehead atoms. The van der Waals surface area contributed by atoms with Crippen molar-refractivity contribution in [3.05, 3.63) is 0 Å². The predicted molar refractivity (Wildman–Crippen MR) is 183 cm³/mol. The lowest BCUT2D eigenvalue weighted by Gasteiger charge is -2.30. The first-order valence-corrected chi connectivity index (χ1v) is 17.0. The molecule has 0 aromatic carbocycles. The van der Waals surface area contributed by atoms with E-state index in [-0.39, 0.29) is 31.7 Å². The molecule has 1 heterocycles. The molecule has 1 fully saturated rings. The normalized spacial score (nSPS) is 16.4.